The predicted octanol–water partition coefficient (Wildman–Crippen LogP) is 5.06. The molecule has 0 heterocycles. The molecule has 0 aromatic heterocycles. The van der Waals surface area contributed by atoms with Crippen molar-refractivity contribution in [3.8, 4) is 0 Å². The summed E-state index contributed by atoms with van der Waals surface area (Å²) >= 11 is 3.58. The van der Waals surface area contributed by atoms with Crippen LogP contribution in [0.25, 0.3) is 0 Å². The molecule has 0 radical (unpaired) electrons. The number of carbonyl (C=O) groups is 1. The number of amides is 1. The average molecular weight is 332 g/mol. The Balaban J connectivity index is 1.61. The standard InChI is InChI=1S/C18H21NOS2/c1-21-17-11-9-16(10-12-17)19-18(20)8-5-13-22-14-15-6-3-2-4-7-15/h2-4,6-7,9-12H,5,8,13-14H2,1H3,(H,19,20). The Labute approximate surface area is 141 Å². The second kappa shape index (κ2) is 9.59. The number of rotatable bonds is 8. The van der Waals surface area contributed by atoms with Crippen LogP contribution >= 0.6 is 23.5 Å². The van der Waals surface area contributed by atoms with E-state index in [4.69, 9.17) is 0 Å². The zero-order chi connectivity index (χ0) is 15.6. The van der Waals surface area contributed by atoms with Crippen LogP contribution in [0.5, 0.6) is 0 Å². The molecule has 2 aromatic carbocycles. The van der Waals surface area contributed by atoms with Gasteiger partial charge in [-0.3, -0.25) is 4.79 Å². The minimum absolute atomic E-state index is 0.0946. The first-order valence-corrected chi connectivity index (χ1v) is 9.71. The van der Waals surface area contributed by atoms with Crippen molar-refractivity contribution in [1.82, 2.24) is 0 Å². The zero-order valence-corrected chi connectivity index (χ0v) is 14.4. The molecular formula is C18H21NOS2. The summed E-state index contributed by atoms with van der Waals surface area (Å²) in [6.07, 6.45) is 3.53. The first-order chi connectivity index (χ1) is 10.8. The van der Waals surface area contributed by atoms with E-state index in [1.54, 1.807) is 11.8 Å². The van der Waals surface area contributed by atoms with E-state index in [1.807, 2.05) is 48.3 Å². The molecule has 0 aliphatic heterocycles. The Morgan fingerprint density at radius 1 is 1.05 bits per heavy atom. The Hall–Kier alpha value is -1.39. The van der Waals surface area contributed by atoms with Crippen LogP contribution in [-0.4, -0.2) is 17.9 Å². The molecule has 0 saturated carbocycles. The summed E-state index contributed by atoms with van der Waals surface area (Å²) < 4.78 is 0. The fourth-order valence-corrected chi connectivity index (χ4v) is 3.33. The highest BCUT2D eigenvalue weighted by molar-refractivity contribution is 7.98. The molecule has 1 N–H and O–H groups in total. The molecule has 0 saturated heterocycles. The Morgan fingerprint density at radius 3 is 2.45 bits per heavy atom. The van der Waals surface area contributed by atoms with Crippen LogP contribution in [0.4, 0.5) is 5.69 Å². The second-order valence-corrected chi connectivity index (χ2v) is 6.90. The van der Waals surface area contributed by atoms with Gasteiger partial charge < -0.3 is 5.32 Å². The van der Waals surface area contributed by atoms with Gasteiger partial charge in [-0.2, -0.15) is 11.8 Å². The van der Waals surface area contributed by atoms with Gasteiger partial charge in [0, 0.05) is 22.8 Å². The maximum Gasteiger partial charge on any atom is 0.224 e. The lowest BCUT2D eigenvalue weighted by atomic mass is 10.2. The lowest BCUT2D eigenvalue weighted by Gasteiger charge is -2.06. The van der Waals surface area contributed by atoms with Gasteiger partial charge >= 0.3 is 0 Å². The van der Waals surface area contributed by atoms with Gasteiger partial charge in [-0.1, -0.05) is 30.3 Å². The van der Waals surface area contributed by atoms with E-state index in [0.717, 1.165) is 23.6 Å². The summed E-state index contributed by atoms with van der Waals surface area (Å²) in [5.74, 6) is 2.11. The number of thioether (sulfide) groups is 2. The Kier molecular flexibility index (Phi) is 7.40. The topological polar surface area (TPSA) is 29.1 Å². The van der Waals surface area contributed by atoms with Gasteiger partial charge in [0.05, 0.1) is 0 Å². The molecule has 0 fully saturated rings. The summed E-state index contributed by atoms with van der Waals surface area (Å²) in [5.41, 5.74) is 2.21. The third-order valence-corrected chi connectivity index (χ3v) is 5.04. The van der Waals surface area contributed by atoms with E-state index in [1.165, 1.54) is 10.5 Å². The van der Waals surface area contributed by atoms with Crippen LogP contribution in [-0.2, 0) is 10.5 Å². The molecule has 0 aliphatic rings. The first kappa shape index (κ1) is 17.0. The number of carbonyl (C=O) groups excluding carboxylic acids is 1. The lowest BCUT2D eigenvalue weighted by Crippen LogP contribution is -2.11. The molecular weight excluding hydrogens is 310 g/mol. The molecule has 0 bridgehead atoms. The van der Waals surface area contributed by atoms with Crippen molar-refractivity contribution < 1.29 is 4.79 Å². The highest BCUT2D eigenvalue weighted by atomic mass is 32.2. The van der Waals surface area contributed by atoms with E-state index in [9.17, 15) is 4.79 Å². The molecule has 2 nitrogen and oxygen atoms in total. The van der Waals surface area contributed by atoms with Gasteiger partial charge in [-0.05, 0) is 48.3 Å². The minimum atomic E-state index is 0.0946. The smallest absolute Gasteiger partial charge is 0.224 e. The van der Waals surface area contributed by atoms with Gasteiger partial charge in [0.2, 0.25) is 5.91 Å². The van der Waals surface area contributed by atoms with Crippen LogP contribution < -0.4 is 5.32 Å². The quantitative estimate of drug-likeness (QED) is 0.541. The molecule has 2 aromatic rings. The maximum absolute atomic E-state index is 11.9. The number of hydrogen-bond donors (Lipinski definition) is 1. The molecule has 0 aliphatic carbocycles. The number of nitrogens with one attached hydrogen (secondary N) is 1. The van der Waals surface area contributed by atoms with Crippen molar-refractivity contribution in [3.63, 3.8) is 0 Å². The van der Waals surface area contributed by atoms with Gasteiger partial charge in [-0.15, -0.1) is 11.8 Å². The van der Waals surface area contributed by atoms with Crippen LogP contribution in [0.15, 0.2) is 59.5 Å². The van der Waals surface area contributed by atoms with Gasteiger partial charge in [0.1, 0.15) is 0 Å². The fraction of sp³-hybridized carbons (Fsp3) is 0.278. The molecule has 0 spiro atoms. The van der Waals surface area contributed by atoms with E-state index < -0.39 is 0 Å². The van der Waals surface area contributed by atoms with Crippen molar-refractivity contribution in [1.29, 1.82) is 0 Å². The molecule has 0 unspecified atom stereocenters. The minimum Gasteiger partial charge on any atom is -0.326 e. The van der Waals surface area contributed by atoms with Gasteiger partial charge in [-0.25, -0.2) is 0 Å². The fourth-order valence-electron chi connectivity index (χ4n) is 2.00. The predicted molar refractivity (Wildman–Crippen MR) is 98.7 cm³/mol. The molecule has 0 atom stereocenters. The normalized spacial score (nSPS) is 10.4. The third-order valence-electron chi connectivity index (χ3n) is 3.18. The van der Waals surface area contributed by atoms with Crippen LogP contribution in [0.3, 0.4) is 0 Å². The summed E-state index contributed by atoms with van der Waals surface area (Å²) in [7, 11) is 0. The van der Waals surface area contributed by atoms with Crippen molar-refractivity contribution in [2.45, 2.75) is 23.5 Å². The summed E-state index contributed by atoms with van der Waals surface area (Å²) in [5, 5.41) is 2.94. The van der Waals surface area contributed by atoms with Crippen LogP contribution in [0, 0.1) is 0 Å². The van der Waals surface area contributed by atoms with Crippen molar-refractivity contribution in [2.24, 2.45) is 0 Å². The largest absolute Gasteiger partial charge is 0.326 e. The zero-order valence-electron chi connectivity index (χ0n) is 12.7. The van der Waals surface area contributed by atoms with Crippen molar-refractivity contribution in [3.05, 3.63) is 60.2 Å². The number of hydrogen-bond acceptors (Lipinski definition) is 3. The summed E-state index contributed by atoms with van der Waals surface area (Å²) in [6.45, 7) is 0. The van der Waals surface area contributed by atoms with E-state index in [0.29, 0.717) is 6.42 Å². The molecule has 2 rings (SSSR count). The van der Waals surface area contributed by atoms with E-state index in [-0.39, 0.29) is 5.91 Å². The van der Waals surface area contributed by atoms with Crippen LogP contribution in [0.1, 0.15) is 18.4 Å². The second-order valence-electron chi connectivity index (χ2n) is 4.92. The Morgan fingerprint density at radius 2 is 1.77 bits per heavy atom. The Bertz CT molecular complexity index is 569. The lowest BCUT2D eigenvalue weighted by molar-refractivity contribution is -0.116. The molecule has 116 valence electrons. The third kappa shape index (κ3) is 6.16. The van der Waals surface area contributed by atoms with E-state index >= 15 is 0 Å². The highest BCUT2D eigenvalue weighted by Gasteiger charge is 2.02. The average Bonchev–Trinajstić information content (AvgIpc) is 2.56. The maximum atomic E-state index is 11.9. The van der Waals surface area contributed by atoms with Crippen LogP contribution in [0.2, 0.25) is 0 Å². The first-order valence-electron chi connectivity index (χ1n) is 7.33. The number of benzene rings is 2. The van der Waals surface area contributed by atoms with Crippen molar-refractivity contribution >= 4 is 35.1 Å². The molecule has 4 heteroatoms. The SMILES string of the molecule is CSc1ccc(NC(=O)CCCSCc2ccccc2)cc1. The summed E-state index contributed by atoms with van der Waals surface area (Å²) in [6, 6.07) is 18.4. The molecule has 1 amide bonds. The van der Waals surface area contributed by atoms with Crippen molar-refractivity contribution in [2.75, 3.05) is 17.3 Å². The van der Waals surface area contributed by atoms with Gasteiger partial charge in [0.25, 0.3) is 0 Å². The van der Waals surface area contributed by atoms with Gasteiger partial charge in [0.15, 0.2) is 0 Å². The highest BCUT2D eigenvalue weighted by Crippen LogP contribution is 2.18. The summed E-state index contributed by atoms with van der Waals surface area (Å²) in [4.78, 5) is 13.1. The van der Waals surface area contributed by atoms with E-state index in [2.05, 4.69) is 29.6 Å². The molecule has 22 heavy (non-hydrogen) atoms. The number of anilines is 1. The monoisotopic (exact) mass is 331 g/mol.